The number of amides is 3. The van der Waals surface area contributed by atoms with Crippen molar-refractivity contribution in [3.8, 4) is 5.69 Å². The van der Waals surface area contributed by atoms with Gasteiger partial charge in [0, 0.05) is 7.05 Å². The van der Waals surface area contributed by atoms with Crippen LogP contribution in [0.25, 0.3) is 5.69 Å². The molecular formula is C17H23N5O3. The van der Waals surface area contributed by atoms with Gasteiger partial charge >= 0.3 is 6.03 Å². The van der Waals surface area contributed by atoms with E-state index < -0.39 is 18.0 Å². The molecule has 25 heavy (non-hydrogen) atoms. The highest BCUT2D eigenvalue weighted by molar-refractivity contribution is 6.02. The van der Waals surface area contributed by atoms with Gasteiger partial charge in [0.25, 0.3) is 5.56 Å². The molecule has 0 radical (unpaired) electrons. The summed E-state index contributed by atoms with van der Waals surface area (Å²) in [5.74, 6) is -0.445. The molecule has 2 aromatic rings. The third-order valence-corrected chi connectivity index (χ3v) is 4.18. The zero-order valence-electron chi connectivity index (χ0n) is 15.0. The first-order valence-electron chi connectivity index (χ1n) is 7.86. The van der Waals surface area contributed by atoms with Crippen molar-refractivity contribution < 1.29 is 9.59 Å². The van der Waals surface area contributed by atoms with Crippen molar-refractivity contribution in [1.82, 2.24) is 19.6 Å². The van der Waals surface area contributed by atoms with Crippen molar-refractivity contribution in [1.29, 1.82) is 0 Å². The number of hydrogen-bond acceptors (Lipinski definition) is 4. The van der Waals surface area contributed by atoms with Gasteiger partial charge in [-0.15, -0.1) is 0 Å². The largest absolute Gasteiger partial charge is 0.326 e. The van der Waals surface area contributed by atoms with Crippen molar-refractivity contribution >= 4 is 17.6 Å². The Hall–Kier alpha value is -2.87. The van der Waals surface area contributed by atoms with Crippen LogP contribution >= 0.6 is 0 Å². The summed E-state index contributed by atoms with van der Waals surface area (Å²) in [5, 5.41) is 4.74. The van der Waals surface area contributed by atoms with Crippen LogP contribution in [0.3, 0.4) is 0 Å². The smallest absolute Gasteiger partial charge is 0.301 e. The van der Waals surface area contributed by atoms with Crippen LogP contribution in [0.2, 0.25) is 0 Å². The highest BCUT2D eigenvalue weighted by Crippen LogP contribution is 2.13. The molecule has 0 saturated heterocycles. The number of carbonyl (C=O) groups excluding carboxylic acids is 2. The fraction of sp³-hybridized carbons (Fsp3) is 0.353. The normalized spacial score (nSPS) is 12.1. The summed E-state index contributed by atoms with van der Waals surface area (Å²) in [7, 11) is 5.20. The van der Waals surface area contributed by atoms with Gasteiger partial charge in [0.05, 0.1) is 17.4 Å². The Bertz CT molecular complexity index is 836. The summed E-state index contributed by atoms with van der Waals surface area (Å²) in [6, 6.07) is 7.90. The maximum atomic E-state index is 12.7. The number of para-hydroxylation sites is 1. The van der Waals surface area contributed by atoms with Gasteiger partial charge in [0.15, 0.2) is 0 Å². The van der Waals surface area contributed by atoms with Gasteiger partial charge in [-0.3, -0.25) is 24.5 Å². The van der Waals surface area contributed by atoms with Crippen molar-refractivity contribution in [3.05, 3.63) is 46.4 Å². The van der Waals surface area contributed by atoms with Gasteiger partial charge < -0.3 is 5.32 Å². The van der Waals surface area contributed by atoms with Gasteiger partial charge in [-0.2, -0.15) is 0 Å². The summed E-state index contributed by atoms with van der Waals surface area (Å²) in [6.45, 7) is 3.40. The van der Waals surface area contributed by atoms with Gasteiger partial charge in [-0.05, 0) is 40.1 Å². The summed E-state index contributed by atoms with van der Waals surface area (Å²) < 4.78 is 3.10. The number of hydrogen-bond donors (Lipinski definition) is 2. The third-order valence-electron chi connectivity index (χ3n) is 4.18. The zero-order chi connectivity index (χ0) is 18.7. The number of nitrogens with one attached hydrogen (secondary N) is 2. The van der Waals surface area contributed by atoms with Crippen molar-refractivity contribution in [2.45, 2.75) is 19.9 Å². The van der Waals surface area contributed by atoms with Gasteiger partial charge in [0.2, 0.25) is 5.91 Å². The first kappa shape index (κ1) is 18.5. The topological polar surface area (TPSA) is 88.4 Å². The van der Waals surface area contributed by atoms with E-state index in [0.717, 1.165) is 0 Å². The predicted molar refractivity (Wildman–Crippen MR) is 96.1 cm³/mol. The molecular weight excluding hydrogens is 322 g/mol. The van der Waals surface area contributed by atoms with Crippen molar-refractivity contribution in [2.75, 3.05) is 19.4 Å². The molecule has 0 spiro atoms. The lowest BCUT2D eigenvalue weighted by molar-refractivity contribution is -0.123. The van der Waals surface area contributed by atoms with E-state index in [-0.39, 0.29) is 11.2 Å². The molecule has 1 aromatic heterocycles. The van der Waals surface area contributed by atoms with Crippen LogP contribution in [0, 0.1) is 6.92 Å². The minimum Gasteiger partial charge on any atom is -0.301 e. The minimum absolute atomic E-state index is 0.133. The standard InChI is InChI=1S/C17H23N5O3/c1-11-14(18-17(25)19-15(23)12(2)20(3)4)16(24)22(21(11)5)13-9-7-6-8-10-13/h6-10,12H,1-5H3,(H2,18,19,23,25). The predicted octanol–water partition coefficient (Wildman–Crippen LogP) is 1.08. The molecule has 0 saturated carbocycles. The Labute approximate surface area is 146 Å². The SMILES string of the molecule is Cc1c(NC(=O)NC(=O)C(C)N(C)C)c(=O)n(-c2ccccc2)n1C. The number of imide groups is 1. The van der Waals surface area contributed by atoms with E-state index >= 15 is 0 Å². The van der Waals surface area contributed by atoms with E-state index in [0.29, 0.717) is 11.4 Å². The van der Waals surface area contributed by atoms with E-state index in [1.54, 1.807) is 56.7 Å². The minimum atomic E-state index is -0.732. The Kier molecular flexibility index (Phi) is 5.43. The summed E-state index contributed by atoms with van der Waals surface area (Å²) >= 11 is 0. The van der Waals surface area contributed by atoms with Crippen LogP contribution in [0.5, 0.6) is 0 Å². The maximum Gasteiger partial charge on any atom is 0.326 e. The van der Waals surface area contributed by atoms with Gasteiger partial charge in [0.1, 0.15) is 5.69 Å². The lowest BCUT2D eigenvalue weighted by Gasteiger charge is -2.18. The number of aromatic nitrogens is 2. The Balaban J connectivity index is 2.25. The fourth-order valence-corrected chi connectivity index (χ4v) is 2.31. The Morgan fingerprint density at radius 1 is 1.16 bits per heavy atom. The second-order valence-corrected chi connectivity index (χ2v) is 6.02. The highest BCUT2D eigenvalue weighted by Gasteiger charge is 2.21. The number of carbonyl (C=O) groups is 2. The molecule has 0 fully saturated rings. The number of benzene rings is 1. The molecule has 3 amide bonds. The lowest BCUT2D eigenvalue weighted by atomic mass is 10.3. The average Bonchev–Trinajstić information content (AvgIpc) is 2.78. The lowest BCUT2D eigenvalue weighted by Crippen LogP contribution is -2.45. The molecule has 1 atom stereocenters. The molecule has 0 aliphatic rings. The summed E-state index contributed by atoms with van der Waals surface area (Å²) in [6.07, 6.45) is 0. The van der Waals surface area contributed by atoms with Crippen LogP contribution < -0.4 is 16.2 Å². The molecule has 1 aromatic carbocycles. The Morgan fingerprint density at radius 3 is 2.32 bits per heavy atom. The third kappa shape index (κ3) is 3.80. The van der Waals surface area contributed by atoms with E-state index in [1.807, 2.05) is 18.2 Å². The first-order valence-corrected chi connectivity index (χ1v) is 7.86. The fourth-order valence-electron chi connectivity index (χ4n) is 2.31. The molecule has 2 N–H and O–H groups in total. The maximum absolute atomic E-state index is 12.7. The number of likely N-dealkylation sites (N-methyl/N-ethyl adjacent to an activating group) is 1. The van der Waals surface area contributed by atoms with Crippen molar-refractivity contribution in [3.63, 3.8) is 0 Å². The van der Waals surface area contributed by atoms with Crippen LogP contribution in [-0.4, -0.2) is 46.3 Å². The second-order valence-electron chi connectivity index (χ2n) is 6.02. The van der Waals surface area contributed by atoms with Crippen LogP contribution in [0.15, 0.2) is 35.1 Å². The molecule has 8 heteroatoms. The molecule has 1 unspecified atom stereocenters. The Morgan fingerprint density at radius 2 is 1.76 bits per heavy atom. The monoisotopic (exact) mass is 345 g/mol. The number of urea groups is 1. The number of nitrogens with zero attached hydrogens (tertiary/aromatic N) is 3. The molecule has 2 rings (SSSR count). The van der Waals surface area contributed by atoms with E-state index in [1.165, 1.54) is 4.68 Å². The zero-order valence-corrected chi connectivity index (χ0v) is 15.0. The van der Waals surface area contributed by atoms with Crippen LogP contribution in [-0.2, 0) is 11.8 Å². The van der Waals surface area contributed by atoms with Gasteiger partial charge in [-0.1, -0.05) is 18.2 Å². The number of anilines is 1. The van der Waals surface area contributed by atoms with Gasteiger partial charge in [-0.25, -0.2) is 9.48 Å². The second kappa shape index (κ2) is 7.35. The molecule has 0 aliphatic carbocycles. The summed E-state index contributed by atoms with van der Waals surface area (Å²) in [4.78, 5) is 38.4. The molecule has 0 aliphatic heterocycles. The first-order chi connectivity index (χ1) is 11.7. The molecule has 0 bridgehead atoms. The van der Waals surface area contributed by atoms with Crippen LogP contribution in [0.1, 0.15) is 12.6 Å². The molecule has 134 valence electrons. The number of rotatable bonds is 4. The quantitative estimate of drug-likeness (QED) is 0.868. The average molecular weight is 345 g/mol. The van der Waals surface area contributed by atoms with Crippen LogP contribution in [0.4, 0.5) is 10.5 Å². The molecule has 1 heterocycles. The van der Waals surface area contributed by atoms with E-state index in [2.05, 4.69) is 10.6 Å². The van der Waals surface area contributed by atoms with Crippen molar-refractivity contribution in [2.24, 2.45) is 7.05 Å². The highest BCUT2D eigenvalue weighted by atomic mass is 16.2. The summed E-state index contributed by atoms with van der Waals surface area (Å²) in [5.41, 5.74) is 1.03. The van der Waals surface area contributed by atoms with E-state index in [9.17, 15) is 14.4 Å². The molecule has 8 nitrogen and oxygen atoms in total. The van der Waals surface area contributed by atoms with E-state index in [4.69, 9.17) is 0 Å².